The van der Waals surface area contributed by atoms with Crippen LogP contribution in [-0.2, 0) is 38.3 Å². The van der Waals surface area contributed by atoms with E-state index in [-0.39, 0.29) is 0 Å². The second kappa shape index (κ2) is 6.06. The Morgan fingerprint density at radius 1 is 1.06 bits per heavy atom. The second-order valence-corrected chi connectivity index (χ2v) is 7.21. The number of hydrogen-bond donors (Lipinski definition) is 3. The number of aromatic amines is 2. The molecule has 0 bridgehead atoms. The van der Waals surface area contributed by atoms with Crippen LogP contribution in [0.15, 0.2) is 36.9 Å². The molecule has 0 aliphatic carbocycles. The minimum absolute atomic E-state index is 0.728. The predicted octanol–water partition coefficient (Wildman–Crippen LogP) is 0.538. The van der Waals surface area contributed by atoms with E-state index in [1.165, 1.54) is 3.07 Å². The molecule has 87 valence electrons. The summed E-state index contributed by atoms with van der Waals surface area (Å²) < 4.78 is 2.17. The van der Waals surface area contributed by atoms with Crippen molar-refractivity contribution < 1.29 is 26.1 Å². The number of thiol groups is 1. The minimum atomic E-state index is 0.728. The number of nitrogens with zero attached hydrogens (tertiary/aromatic N) is 2. The summed E-state index contributed by atoms with van der Waals surface area (Å²) >= 11 is 4.88. The summed E-state index contributed by atoms with van der Waals surface area (Å²) in [4.78, 5) is 13.7. The van der Waals surface area contributed by atoms with Crippen molar-refractivity contribution in [2.75, 3.05) is 5.73 Å². The van der Waals surface area contributed by atoms with Crippen molar-refractivity contribution in [3.8, 4) is 0 Å². The number of anilines is 1. The normalized spacial score (nSPS) is 9.89. The van der Waals surface area contributed by atoms with Crippen molar-refractivity contribution in [1.82, 2.24) is 19.9 Å². The van der Waals surface area contributed by atoms with E-state index in [0.29, 0.717) is 0 Å². The van der Waals surface area contributed by atoms with E-state index in [9.17, 15) is 0 Å². The molecule has 0 saturated heterocycles. The first kappa shape index (κ1) is 13.2. The molecule has 18 heavy (non-hydrogen) atoms. The molecule has 4 N–H and O–H groups in total. The molecule has 7 heteroatoms. The van der Waals surface area contributed by atoms with Gasteiger partial charge >= 0.3 is 69.5 Å². The fraction of sp³-hybridized carbons (Fsp3) is 0. The zero-order valence-electron chi connectivity index (χ0n) is 9.59. The van der Waals surface area contributed by atoms with Crippen LogP contribution in [0.3, 0.4) is 0 Å². The summed E-state index contributed by atoms with van der Waals surface area (Å²) in [7, 11) is 0. The fourth-order valence-electron chi connectivity index (χ4n) is 1.30. The molecular formula is C11H11HgN5S+. The van der Waals surface area contributed by atoms with Crippen molar-refractivity contribution in [2.24, 2.45) is 0 Å². The van der Waals surface area contributed by atoms with E-state index >= 15 is 0 Å². The Labute approximate surface area is 125 Å². The Morgan fingerprint density at radius 3 is 2.33 bits per heavy atom. The molecule has 2 heterocycles. The number of H-pyrrole nitrogens is 2. The van der Waals surface area contributed by atoms with Crippen molar-refractivity contribution in [1.29, 1.82) is 0 Å². The van der Waals surface area contributed by atoms with Crippen LogP contribution in [0.2, 0.25) is 0 Å². The topological polar surface area (TPSA) is 83.4 Å². The summed E-state index contributed by atoms with van der Waals surface area (Å²) in [6, 6.07) is 8.06. The number of fused-ring (bicyclic) bond motifs is 1. The van der Waals surface area contributed by atoms with Crippen molar-refractivity contribution >= 4 is 32.1 Å². The maximum atomic E-state index is 5.45. The largest absolute Gasteiger partial charge is 0.329 e. The van der Waals surface area contributed by atoms with E-state index in [1.54, 1.807) is 12.7 Å². The molecule has 0 saturated carbocycles. The summed E-state index contributed by atoms with van der Waals surface area (Å²) in [6.45, 7) is 0. The minimum Gasteiger partial charge on any atom is -0.329 e. The molecule has 0 amide bonds. The number of nitrogens with two attached hydrogens (primary N) is 1. The first-order valence-corrected chi connectivity index (χ1v) is 8.42. The number of rotatable bonds is 0. The Kier molecular flexibility index (Phi) is 4.43. The SMILES string of the molecule is Nc1cc[c]([Hg])cc1.[SH+]=c1[nH]cnc2[nH]cnc12. The molecule has 0 radical (unpaired) electrons. The molecule has 1 aromatic carbocycles. The number of hydrogen-bond acceptors (Lipinski definition) is 3. The number of imidazole rings is 1. The average Bonchev–Trinajstić information content (AvgIpc) is 2.84. The van der Waals surface area contributed by atoms with Gasteiger partial charge in [-0.3, -0.25) is 4.98 Å². The standard InChI is InChI=1S/C6H6N.C5H4N4S.Hg/c7-6-4-2-1-3-5-6;10-5-3-4(7-1-6-3)8-2-9-5;/h2-5H,7H2;1-2H,(H2,6,7,8,9,10);/p+1. The van der Waals surface area contributed by atoms with Gasteiger partial charge in [0.15, 0.2) is 23.4 Å². The summed E-state index contributed by atoms with van der Waals surface area (Å²) in [5, 5.41) is 0. The van der Waals surface area contributed by atoms with Gasteiger partial charge in [0.05, 0.1) is 12.7 Å². The average molecular weight is 446 g/mol. The summed E-state index contributed by atoms with van der Waals surface area (Å²) in [5.74, 6) is 0. The molecule has 0 fully saturated rings. The number of nitrogen functional groups attached to an aromatic ring is 1. The van der Waals surface area contributed by atoms with E-state index in [0.717, 1.165) is 47.6 Å². The zero-order valence-corrected chi connectivity index (χ0v) is 16.0. The van der Waals surface area contributed by atoms with Gasteiger partial charge in [-0.15, -0.1) is 0 Å². The van der Waals surface area contributed by atoms with Gasteiger partial charge < -0.3 is 4.98 Å². The van der Waals surface area contributed by atoms with Gasteiger partial charge in [0.25, 0.3) is 0 Å². The monoisotopic (exact) mass is 447 g/mol. The van der Waals surface area contributed by atoms with Crippen molar-refractivity contribution in [3.63, 3.8) is 0 Å². The van der Waals surface area contributed by atoms with Gasteiger partial charge in [-0.1, -0.05) is 0 Å². The van der Waals surface area contributed by atoms with Crippen molar-refractivity contribution in [3.05, 3.63) is 41.6 Å². The third-order valence-electron chi connectivity index (χ3n) is 2.22. The maximum Gasteiger partial charge on any atom is 0.323 e. The van der Waals surface area contributed by atoms with Gasteiger partial charge in [-0.25, -0.2) is 9.97 Å². The van der Waals surface area contributed by atoms with Gasteiger partial charge in [0.2, 0.25) is 0 Å². The number of benzene rings is 1. The van der Waals surface area contributed by atoms with Crippen LogP contribution in [0.25, 0.3) is 11.2 Å². The quantitative estimate of drug-likeness (QED) is 0.155. The first-order chi connectivity index (χ1) is 8.66. The molecule has 0 aliphatic heterocycles. The number of aromatic nitrogens is 4. The molecule has 0 atom stereocenters. The fourth-order valence-corrected chi connectivity index (χ4v) is 2.44. The molecule has 3 aromatic rings. The maximum absolute atomic E-state index is 5.45. The molecule has 2 aromatic heterocycles. The van der Waals surface area contributed by atoms with Crippen LogP contribution in [0.4, 0.5) is 5.69 Å². The third-order valence-corrected chi connectivity index (χ3v) is 4.39. The van der Waals surface area contributed by atoms with Gasteiger partial charge in [0.1, 0.15) is 0 Å². The van der Waals surface area contributed by atoms with E-state index < -0.39 is 0 Å². The van der Waals surface area contributed by atoms with Crippen LogP contribution in [0.1, 0.15) is 0 Å². The molecule has 0 aliphatic rings. The van der Waals surface area contributed by atoms with Crippen LogP contribution in [0.5, 0.6) is 0 Å². The Bertz CT molecular complexity index is 667. The third kappa shape index (κ3) is 3.36. The van der Waals surface area contributed by atoms with Gasteiger partial charge in [-0.05, 0) is 0 Å². The van der Waals surface area contributed by atoms with Crippen LogP contribution < -0.4 is 8.81 Å². The zero-order chi connectivity index (χ0) is 13.0. The molecule has 0 unspecified atom stereocenters. The van der Waals surface area contributed by atoms with E-state index in [2.05, 4.69) is 44.3 Å². The second-order valence-electron chi connectivity index (χ2n) is 3.59. The van der Waals surface area contributed by atoms with E-state index in [1.807, 2.05) is 12.1 Å². The van der Waals surface area contributed by atoms with E-state index in [4.69, 9.17) is 5.73 Å². The molecule has 3 rings (SSSR count). The Hall–Kier alpha value is -1.27. The van der Waals surface area contributed by atoms with Gasteiger partial charge in [-0.2, -0.15) is 0 Å². The molecule has 0 spiro atoms. The smallest absolute Gasteiger partial charge is 0.323 e. The summed E-state index contributed by atoms with van der Waals surface area (Å²) in [5.41, 5.74) is 7.83. The Morgan fingerprint density at radius 2 is 1.72 bits per heavy atom. The Balaban J connectivity index is 0.000000138. The predicted molar refractivity (Wildman–Crippen MR) is 70.7 cm³/mol. The molecule has 5 nitrogen and oxygen atoms in total. The van der Waals surface area contributed by atoms with Crippen LogP contribution in [0, 0.1) is 4.64 Å². The van der Waals surface area contributed by atoms with Crippen LogP contribution >= 0.6 is 0 Å². The first-order valence-electron chi connectivity index (χ1n) is 5.23. The molecular weight excluding hydrogens is 435 g/mol. The van der Waals surface area contributed by atoms with Gasteiger partial charge in [0, 0.05) is 0 Å². The van der Waals surface area contributed by atoms with Crippen LogP contribution in [-0.4, -0.2) is 19.9 Å². The number of nitrogens with one attached hydrogen (secondary N) is 2. The summed E-state index contributed by atoms with van der Waals surface area (Å²) in [6.07, 6.45) is 3.16. The van der Waals surface area contributed by atoms with Crippen molar-refractivity contribution in [2.45, 2.75) is 0 Å².